The molecule has 8 nitrogen and oxygen atoms in total. The van der Waals surface area contributed by atoms with Gasteiger partial charge in [0.05, 0.1) is 23.5 Å². The molecule has 0 unspecified atom stereocenters. The van der Waals surface area contributed by atoms with Crippen molar-refractivity contribution in [2.24, 2.45) is 0 Å². The lowest BCUT2D eigenvalue weighted by Crippen LogP contribution is -2.48. The first-order valence-electron chi connectivity index (χ1n) is 11.9. The van der Waals surface area contributed by atoms with E-state index >= 15 is 0 Å². The van der Waals surface area contributed by atoms with Gasteiger partial charge >= 0.3 is 0 Å². The van der Waals surface area contributed by atoms with Crippen molar-refractivity contribution in [2.75, 3.05) is 51.8 Å². The number of benzene rings is 1. The van der Waals surface area contributed by atoms with Crippen LogP contribution in [0.2, 0.25) is 0 Å². The highest BCUT2D eigenvalue weighted by atomic mass is 32.1. The molecule has 1 amide bonds. The second kappa shape index (κ2) is 10.2. The van der Waals surface area contributed by atoms with Crippen LogP contribution in [0, 0.1) is 6.92 Å². The second-order valence-corrected chi connectivity index (χ2v) is 9.89. The SMILES string of the molecule is COc1cccc(CN2CCN(C(=O)c3sc4ncnc(NC[C@H]5CCCO5)c4c3C)CC2)c1. The van der Waals surface area contributed by atoms with Crippen molar-refractivity contribution in [1.29, 1.82) is 0 Å². The molecule has 0 aliphatic carbocycles. The number of amides is 1. The van der Waals surface area contributed by atoms with Gasteiger partial charge in [0.2, 0.25) is 0 Å². The molecule has 9 heteroatoms. The minimum absolute atomic E-state index is 0.0895. The number of thiophene rings is 1. The number of aryl methyl sites for hydroxylation is 1. The smallest absolute Gasteiger partial charge is 0.264 e. The summed E-state index contributed by atoms with van der Waals surface area (Å²) in [6.45, 7) is 7.54. The van der Waals surface area contributed by atoms with Crippen molar-refractivity contribution in [1.82, 2.24) is 19.8 Å². The van der Waals surface area contributed by atoms with E-state index in [4.69, 9.17) is 9.47 Å². The molecule has 0 saturated carbocycles. The topological polar surface area (TPSA) is 79.8 Å². The predicted molar refractivity (Wildman–Crippen MR) is 134 cm³/mol. The number of rotatable bonds is 7. The van der Waals surface area contributed by atoms with Crippen molar-refractivity contribution in [3.8, 4) is 5.75 Å². The Bertz CT molecular complexity index is 1150. The van der Waals surface area contributed by atoms with Crippen LogP contribution in [0.25, 0.3) is 10.2 Å². The van der Waals surface area contributed by atoms with Crippen LogP contribution >= 0.6 is 11.3 Å². The molecule has 3 aromatic rings. The van der Waals surface area contributed by atoms with Gasteiger partial charge in [-0.1, -0.05) is 12.1 Å². The van der Waals surface area contributed by atoms with Crippen LogP contribution < -0.4 is 10.1 Å². The van der Waals surface area contributed by atoms with Gasteiger partial charge in [-0.05, 0) is 43.0 Å². The standard InChI is InChI=1S/C25H31N5O3S/c1-17-21-23(26-14-20-7-4-12-33-20)27-16-28-24(21)34-22(17)25(31)30-10-8-29(9-11-30)15-18-5-3-6-19(13-18)32-2/h3,5-6,13,16,20H,4,7-12,14-15H2,1-2H3,(H,26,27,28)/t20-/m1/s1. The molecule has 2 aromatic heterocycles. The molecule has 0 radical (unpaired) electrons. The highest BCUT2D eigenvalue weighted by Gasteiger charge is 2.27. The fourth-order valence-corrected chi connectivity index (χ4v) is 5.82. The lowest BCUT2D eigenvalue weighted by atomic mass is 10.1. The summed E-state index contributed by atoms with van der Waals surface area (Å²) in [6, 6.07) is 8.17. The summed E-state index contributed by atoms with van der Waals surface area (Å²) in [5.41, 5.74) is 2.18. The number of carbonyl (C=O) groups excluding carboxylic acids is 1. The van der Waals surface area contributed by atoms with Gasteiger partial charge in [-0.25, -0.2) is 9.97 Å². The summed E-state index contributed by atoms with van der Waals surface area (Å²) >= 11 is 1.46. The van der Waals surface area contributed by atoms with Gasteiger partial charge in [-0.3, -0.25) is 9.69 Å². The fraction of sp³-hybridized carbons (Fsp3) is 0.480. The molecule has 34 heavy (non-hydrogen) atoms. The second-order valence-electron chi connectivity index (χ2n) is 8.89. The van der Waals surface area contributed by atoms with Gasteiger partial charge < -0.3 is 19.7 Å². The number of ether oxygens (including phenoxy) is 2. The van der Waals surface area contributed by atoms with Gasteiger partial charge in [-0.15, -0.1) is 11.3 Å². The summed E-state index contributed by atoms with van der Waals surface area (Å²) in [5, 5.41) is 4.38. The van der Waals surface area contributed by atoms with E-state index in [2.05, 4.69) is 32.3 Å². The Kier molecular flexibility index (Phi) is 6.94. The van der Waals surface area contributed by atoms with Crippen LogP contribution in [0.3, 0.4) is 0 Å². The van der Waals surface area contributed by atoms with Gasteiger partial charge in [0.1, 0.15) is 22.7 Å². The highest BCUT2D eigenvalue weighted by molar-refractivity contribution is 7.20. The molecule has 5 rings (SSSR count). The number of aromatic nitrogens is 2. The Morgan fingerprint density at radius 2 is 2.12 bits per heavy atom. The molecule has 1 atom stereocenters. The number of fused-ring (bicyclic) bond motifs is 1. The van der Waals surface area contributed by atoms with Crippen LogP contribution in [0.15, 0.2) is 30.6 Å². The first-order chi connectivity index (χ1) is 16.6. The summed E-state index contributed by atoms with van der Waals surface area (Å²) in [5.74, 6) is 1.75. The molecule has 1 aromatic carbocycles. The van der Waals surface area contributed by atoms with Crippen LogP contribution in [0.5, 0.6) is 5.75 Å². The maximum atomic E-state index is 13.4. The zero-order valence-corrected chi connectivity index (χ0v) is 20.6. The quantitative estimate of drug-likeness (QED) is 0.553. The van der Waals surface area contributed by atoms with E-state index in [1.165, 1.54) is 16.9 Å². The van der Waals surface area contributed by atoms with E-state index in [0.29, 0.717) is 13.1 Å². The maximum Gasteiger partial charge on any atom is 0.264 e. The normalized spacial score (nSPS) is 19.0. The van der Waals surface area contributed by atoms with Gasteiger partial charge in [0, 0.05) is 45.9 Å². The number of anilines is 1. The number of carbonyl (C=O) groups is 1. The van der Waals surface area contributed by atoms with E-state index < -0.39 is 0 Å². The van der Waals surface area contributed by atoms with E-state index in [1.807, 2.05) is 24.0 Å². The Balaban J connectivity index is 1.24. The Morgan fingerprint density at radius 3 is 2.88 bits per heavy atom. The molecule has 4 heterocycles. The Morgan fingerprint density at radius 1 is 1.26 bits per heavy atom. The number of nitrogens with one attached hydrogen (secondary N) is 1. The largest absolute Gasteiger partial charge is 0.497 e. The lowest BCUT2D eigenvalue weighted by Gasteiger charge is -2.34. The summed E-state index contributed by atoms with van der Waals surface area (Å²) in [6.07, 6.45) is 3.96. The van der Waals surface area contributed by atoms with Crippen LogP contribution in [0.4, 0.5) is 5.82 Å². The minimum Gasteiger partial charge on any atom is -0.497 e. The first kappa shape index (κ1) is 23.0. The Labute approximate surface area is 203 Å². The zero-order valence-electron chi connectivity index (χ0n) is 19.7. The van der Waals surface area contributed by atoms with E-state index in [0.717, 1.165) is 77.9 Å². The van der Waals surface area contributed by atoms with Crippen molar-refractivity contribution >= 4 is 33.3 Å². The van der Waals surface area contributed by atoms with E-state index in [1.54, 1.807) is 13.4 Å². The zero-order chi connectivity index (χ0) is 23.5. The van der Waals surface area contributed by atoms with Crippen LogP contribution in [0.1, 0.15) is 33.6 Å². The number of hydrogen-bond donors (Lipinski definition) is 1. The average Bonchev–Trinajstić information content (AvgIpc) is 3.51. The molecule has 2 fully saturated rings. The van der Waals surface area contributed by atoms with Gasteiger partial charge in [0.15, 0.2) is 0 Å². The van der Waals surface area contributed by atoms with Crippen molar-refractivity contribution < 1.29 is 14.3 Å². The predicted octanol–water partition coefficient (Wildman–Crippen LogP) is 3.56. The average molecular weight is 482 g/mol. The van der Waals surface area contributed by atoms with Crippen molar-refractivity contribution in [3.63, 3.8) is 0 Å². The number of nitrogens with zero attached hydrogens (tertiary/aromatic N) is 4. The molecule has 2 saturated heterocycles. The molecule has 2 aliphatic rings. The Hall–Kier alpha value is -2.75. The van der Waals surface area contributed by atoms with Crippen LogP contribution in [-0.2, 0) is 11.3 Å². The number of hydrogen-bond acceptors (Lipinski definition) is 8. The molecule has 1 N–H and O–H groups in total. The highest BCUT2D eigenvalue weighted by Crippen LogP contribution is 2.34. The third-order valence-corrected chi connectivity index (χ3v) is 7.83. The maximum absolute atomic E-state index is 13.4. The molecule has 0 spiro atoms. The molecule has 180 valence electrons. The van der Waals surface area contributed by atoms with E-state index in [-0.39, 0.29) is 12.0 Å². The molecule has 2 aliphatic heterocycles. The lowest BCUT2D eigenvalue weighted by molar-refractivity contribution is 0.0632. The molecular weight excluding hydrogens is 450 g/mol. The third kappa shape index (κ3) is 4.87. The summed E-state index contributed by atoms with van der Waals surface area (Å²) < 4.78 is 11.1. The monoisotopic (exact) mass is 481 g/mol. The minimum atomic E-state index is 0.0895. The van der Waals surface area contributed by atoms with E-state index in [9.17, 15) is 4.79 Å². The van der Waals surface area contributed by atoms with Crippen LogP contribution in [-0.4, -0.2) is 78.2 Å². The first-order valence-corrected chi connectivity index (χ1v) is 12.7. The number of piperazine rings is 1. The van der Waals surface area contributed by atoms with Gasteiger partial charge in [-0.2, -0.15) is 0 Å². The molecule has 0 bridgehead atoms. The van der Waals surface area contributed by atoms with Gasteiger partial charge in [0.25, 0.3) is 5.91 Å². The third-order valence-electron chi connectivity index (χ3n) is 6.64. The number of methoxy groups -OCH3 is 1. The van der Waals surface area contributed by atoms with Crippen molar-refractivity contribution in [3.05, 3.63) is 46.6 Å². The summed E-state index contributed by atoms with van der Waals surface area (Å²) in [4.78, 5) is 28.3. The molecular formula is C25H31N5O3S. The van der Waals surface area contributed by atoms with Crippen molar-refractivity contribution in [2.45, 2.75) is 32.4 Å². The summed E-state index contributed by atoms with van der Waals surface area (Å²) in [7, 11) is 1.69. The fourth-order valence-electron chi connectivity index (χ4n) is 4.71.